The Bertz CT molecular complexity index is 776. The van der Waals surface area contributed by atoms with Gasteiger partial charge in [0.2, 0.25) is 11.8 Å². The molecule has 2 unspecified atom stereocenters. The highest BCUT2D eigenvalue weighted by molar-refractivity contribution is 5.97. The first-order valence-corrected chi connectivity index (χ1v) is 10.3. The van der Waals surface area contributed by atoms with Crippen LogP contribution in [0.15, 0.2) is 24.3 Å². The van der Waals surface area contributed by atoms with Gasteiger partial charge in [-0.3, -0.25) is 9.59 Å². The third kappa shape index (κ3) is 3.16. The Morgan fingerprint density at radius 2 is 2.00 bits per heavy atom. The summed E-state index contributed by atoms with van der Waals surface area (Å²) in [5.41, 5.74) is 1.06. The Morgan fingerprint density at radius 1 is 1.22 bits per heavy atom. The zero-order valence-electron chi connectivity index (χ0n) is 15.7. The maximum Gasteiger partial charge on any atom is 0.227 e. The van der Waals surface area contributed by atoms with Crippen molar-refractivity contribution in [1.29, 1.82) is 0 Å². The molecule has 1 aromatic rings. The summed E-state index contributed by atoms with van der Waals surface area (Å²) in [6.07, 6.45) is 8.03. The summed E-state index contributed by atoms with van der Waals surface area (Å²) < 4.78 is 0. The molecule has 1 saturated heterocycles. The zero-order valence-corrected chi connectivity index (χ0v) is 15.7. The number of carbonyl (C=O) groups excluding carboxylic acids is 2. The second-order valence-electron chi connectivity index (χ2n) is 9.61. The Hall–Kier alpha value is -1.88. The van der Waals surface area contributed by atoms with Gasteiger partial charge in [0, 0.05) is 30.8 Å². The molecule has 144 valence electrons. The summed E-state index contributed by atoms with van der Waals surface area (Å²) >= 11 is 0. The summed E-state index contributed by atoms with van der Waals surface area (Å²) in [6.45, 7) is 0.751. The van der Waals surface area contributed by atoms with E-state index in [4.69, 9.17) is 0 Å². The van der Waals surface area contributed by atoms with Crippen molar-refractivity contribution in [2.75, 3.05) is 16.8 Å². The van der Waals surface area contributed by atoms with Crippen LogP contribution in [0.25, 0.3) is 0 Å². The number of amides is 2. The first-order chi connectivity index (χ1) is 12.9. The van der Waals surface area contributed by atoms with Crippen LogP contribution in [0.5, 0.6) is 0 Å². The van der Waals surface area contributed by atoms with Gasteiger partial charge in [-0.15, -0.1) is 0 Å². The predicted molar refractivity (Wildman–Crippen MR) is 103 cm³/mol. The van der Waals surface area contributed by atoms with Gasteiger partial charge in [0.25, 0.3) is 0 Å². The molecule has 4 aliphatic carbocycles. The quantitative estimate of drug-likeness (QED) is 0.855. The number of anilines is 2. The van der Waals surface area contributed by atoms with Gasteiger partial charge in [0.15, 0.2) is 0 Å². The highest BCUT2D eigenvalue weighted by Crippen LogP contribution is 2.62. The number of aliphatic hydroxyl groups is 1. The van der Waals surface area contributed by atoms with E-state index in [9.17, 15) is 14.7 Å². The molecule has 1 heterocycles. The Morgan fingerprint density at radius 3 is 2.67 bits per heavy atom. The molecule has 0 radical (unpaired) electrons. The van der Waals surface area contributed by atoms with E-state index in [1.165, 1.54) is 6.42 Å². The second kappa shape index (κ2) is 6.06. The standard InChI is InChI=1S/C22H28N2O3/c25-19(13-21-9-15-7-16(10-21)12-22(27,11-15)14-21)23-17-3-1-4-18(8-17)24-6-2-5-20(24)26/h1,3-4,8,15-16,27H,2,5-7,9-14H2,(H,23,25). The lowest BCUT2D eigenvalue weighted by Gasteiger charge is -2.60. The fraction of sp³-hybridized carbons (Fsp3) is 0.636. The average molecular weight is 368 g/mol. The van der Waals surface area contributed by atoms with Crippen LogP contribution in [0.3, 0.4) is 0 Å². The van der Waals surface area contributed by atoms with Crippen LogP contribution in [0.2, 0.25) is 0 Å². The van der Waals surface area contributed by atoms with Gasteiger partial charge >= 0.3 is 0 Å². The number of carbonyl (C=O) groups is 2. The van der Waals surface area contributed by atoms with E-state index in [0.29, 0.717) is 24.7 Å². The van der Waals surface area contributed by atoms with Crippen molar-refractivity contribution in [2.45, 2.75) is 63.4 Å². The molecule has 1 aromatic carbocycles. The van der Waals surface area contributed by atoms with Crippen LogP contribution < -0.4 is 10.2 Å². The lowest BCUT2D eigenvalue weighted by molar-refractivity contribution is -0.167. The first kappa shape index (κ1) is 17.2. The van der Waals surface area contributed by atoms with Crippen molar-refractivity contribution in [3.63, 3.8) is 0 Å². The minimum absolute atomic E-state index is 0.0224. The van der Waals surface area contributed by atoms with Gasteiger partial charge in [-0.2, -0.15) is 0 Å². The molecule has 2 atom stereocenters. The van der Waals surface area contributed by atoms with Crippen LogP contribution in [0, 0.1) is 17.3 Å². The largest absolute Gasteiger partial charge is 0.390 e. The fourth-order valence-corrected chi connectivity index (χ4v) is 6.83. The van der Waals surface area contributed by atoms with Gasteiger partial charge in [-0.1, -0.05) is 6.07 Å². The number of nitrogens with zero attached hydrogens (tertiary/aromatic N) is 1. The van der Waals surface area contributed by atoms with Crippen molar-refractivity contribution in [3.05, 3.63) is 24.3 Å². The summed E-state index contributed by atoms with van der Waals surface area (Å²) in [5, 5.41) is 13.9. The second-order valence-corrected chi connectivity index (χ2v) is 9.61. The number of rotatable bonds is 4. The maximum atomic E-state index is 12.8. The SMILES string of the molecule is O=C(CC12CC3CC(CC(O)(C3)C1)C2)Nc1cccc(N2CCCC2=O)c1. The highest BCUT2D eigenvalue weighted by Gasteiger charge is 2.57. The molecule has 0 aromatic heterocycles. The molecule has 5 aliphatic rings. The first-order valence-electron chi connectivity index (χ1n) is 10.3. The Kier molecular flexibility index (Phi) is 3.87. The third-order valence-electron chi connectivity index (χ3n) is 7.20. The lowest BCUT2D eigenvalue weighted by atomic mass is 9.47. The van der Waals surface area contributed by atoms with Crippen molar-refractivity contribution >= 4 is 23.2 Å². The third-order valence-corrected chi connectivity index (χ3v) is 7.20. The van der Waals surface area contributed by atoms with Crippen molar-refractivity contribution in [2.24, 2.45) is 17.3 Å². The predicted octanol–water partition coefficient (Wildman–Crippen LogP) is 3.47. The summed E-state index contributed by atoms with van der Waals surface area (Å²) in [7, 11) is 0. The van der Waals surface area contributed by atoms with Gasteiger partial charge in [0.05, 0.1) is 5.60 Å². The summed E-state index contributed by atoms with van der Waals surface area (Å²) in [5.74, 6) is 1.37. The molecular weight excluding hydrogens is 340 g/mol. The molecule has 2 amide bonds. The van der Waals surface area contributed by atoms with Crippen molar-refractivity contribution in [1.82, 2.24) is 0 Å². The van der Waals surface area contributed by atoms with Crippen LogP contribution in [-0.2, 0) is 9.59 Å². The molecule has 4 bridgehead atoms. The Labute approximate surface area is 160 Å². The topological polar surface area (TPSA) is 69.6 Å². The number of hydrogen-bond donors (Lipinski definition) is 2. The number of benzene rings is 1. The molecular formula is C22H28N2O3. The van der Waals surface area contributed by atoms with Crippen LogP contribution in [-0.4, -0.2) is 29.1 Å². The molecule has 5 fully saturated rings. The van der Waals surface area contributed by atoms with Crippen LogP contribution >= 0.6 is 0 Å². The van der Waals surface area contributed by atoms with Crippen LogP contribution in [0.1, 0.15) is 57.8 Å². The van der Waals surface area contributed by atoms with E-state index >= 15 is 0 Å². The van der Waals surface area contributed by atoms with E-state index < -0.39 is 5.60 Å². The summed E-state index contributed by atoms with van der Waals surface area (Å²) in [4.78, 5) is 26.6. The van der Waals surface area contributed by atoms with Crippen molar-refractivity contribution in [3.8, 4) is 0 Å². The maximum absolute atomic E-state index is 12.8. The van der Waals surface area contributed by atoms with E-state index in [1.54, 1.807) is 4.90 Å². The normalized spacial score (nSPS) is 37.1. The number of nitrogens with one attached hydrogen (secondary N) is 1. The molecule has 0 spiro atoms. The molecule has 5 nitrogen and oxygen atoms in total. The summed E-state index contributed by atoms with van der Waals surface area (Å²) in [6, 6.07) is 7.60. The molecule has 6 rings (SSSR count). The molecule has 5 heteroatoms. The fourth-order valence-electron chi connectivity index (χ4n) is 6.83. The molecule has 27 heavy (non-hydrogen) atoms. The molecule has 1 aliphatic heterocycles. The zero-order chi connectivity index (χ0) is 18.6. The smallest absolute Gasteiger partial charge is 0.227 e. The van der Waals surface area contributed by atoms with E-state index in [2.05, 4.69) is 5.32 Å². The highest BCUT2D eigenvalue weighted by atomic mass is 16.3. The van der Waals surface area contributed by atoms with Crippen molar-refractivity contribution < 1.29 is 14.7 Å². The minimum Gasteiger partial charge on any atom is -0.390 e. The van der Waals surface area contributed by atoms with Gasteiger partial charge in [-0.25, -0.2) is 0 Å². The minimum atomic E-state index is -0.527. The molecule has 4 saturated carbocycles. The monoisotopic (exact) mass is 368 g/mol. The van der Waals surface area contributed by atoms with E-state index in [0.717, 1.165) is 56.4 Å². The Balaban J connectivity index is 1.28. The van der Waals surface area contributed by atoms with E-state index in [1.807, 2.05) is 24.3 Å². The van der Waals surface area contributed by atoms with Gasteiger partial charge < -0.3 is 15.3 Å². The van der Waals surface area contributed by atoms with Gasteiger partial charge in [-0.05, 0) is 80.4 Å². The number of hydrogen-bond acceptors (Lipinski definition) is 3. The van der Waals surface area contributed by atoms with Gasteiger partial charge in [0.1, 0.15) is 0 Å². The average Bonchev–Trinajstić information content (AvgIpc) is 2.98. The lowest BCUT2D eigenvalue weighted by Crippen LogP contribution is -2.56. The van der Waals surface area contributed by atoms with E-state index in [-0.39, 0.29) is 17.2 Å². The molecule has 2 N–H and O–H groups in total. The van der Waals surface area contributed by atoms with Crippen LogP contribution in [0.4, 0.5) is 11.4 Å².